The largest absolute Gasteiger partial charge is 0.411 e. The standard InChI is InChI=1S/C17H27N3O2Si/c1-17(2,3)23(6,7)22-12-15-14(11-20(5)18-15)13-8-9-16(21)19(4)10-13/h8-11H,12H2,1-7H3. The molecule has 0 N–H and O–H groups in total. The lowest BCUT2D eigenvalue weighted by atomic mass is 10.1. The van der Waals surface area contributed by atoms with Crippen LogP contribution in [0.2, 0.25) is 18.1 Å². The summed E-state index contributed by atoms with van der Waals surface area (Å²) in [4.78, 5) is 11.6. The summed E-state index contributed by atoms with van der Waals surface area (Å²) in [5.74, 6) is 0. The van der Waals surface area contributed by atoms with Crippen molar-refractivity contribution < 1.29 is 4.43 Å². The molecule has 0 saturated heterocycles. The molecule has 2 rings (SSSR count). The maximum absolute atomic E-state index is 11.6. The average Bonchev–Trinajstić information content (AvgIpc) is 2.79. The van der Waals surface area contributed by atoms with Crippen molar-refractivity contribution in [1.82, 2.24) is 14.3 Å². The zero-order valence-electron chi connectivity index (χ0n) is 15.2. The van der Waals surface area contributed by atoms with Gasteiger partial charge in [-0.3, -0.25) is 9.48 Å². The van der Waals surface area contributed by atoms with Crippen LogP contribution in [0.15, 0.2) is 29.3 Å². The number of rotatable bonds is 4. The van der Waals surface area contributed by atoms with Gasteiger partial charge in [0.15, 0.2) is 8.32 Å². The highest BCUT2D eigenvalue weighted by atomic mass is 28.4. The normalized spacial score (nSPS) is 12.7. The van der Waals surface area contributed by atoms with Gasteiger partial charge in [-0.15, -0.1) is 0 Å². The number of hydrogen-bond acceptors (Lipinski definition) is 3. The molecule has 0 radical (unpaired) electrons. The van der Waals surface area contributed by atoms with E-state index in [0.29, 0.717) is 6.61 Å². The Morgan fingerprint density at radius 2 is 1.83 bits per heavy atom. The van der Waals surface area contributed by atoms with E-state index in [4.69, 9.17) is 4.43 Å². The van der Waals surface area contributed by atoms with Crippen LogP contribution < -0.4 is 5.56 Å². The minimum Gasteiger partial charge on any atom is -0.411 e. The molecule has 0 aliphatic rings. The quantitative estimate of drug-likeness (QED) is 0.807. The summed E-state index contributed by atoms with van der Waals surface area (Å²) in [5.41, 5.74) is 2.89. The number of nitrogens with zero attached hydrogens (tertiary/aromatic N) is 3. The molecular formula is C17H27N3O2Si. The lowest BCUT2D eigenvalue weighted by molar-refractivity contribution is 0.271. The zero-order valence-corrected chi connectivity index (χ0v) is 16.2. The third-order valence-corrected chi connectivity index (χ3v) is 9.16. The Morgan fingerprint density at radius 1 is 1.17 bits per heavy atom. The summed E-state index contributed by atoms with van der Waals surface area (Å²) < 4.78 is 9.68. The van der Waals surface area contributed by atoms with Crippen molar-refractivity contribution in [2.24, 2.45) is 14.1 Å². The highest BCUT2D eigenvalue weighted by Crippen LogP contribution is 2.37. The van der Waals surface area contributed by atoms with Crippen molar-refractivity contribution >= 4 is 8.32 Å². The van der Waals surface area contributed by atoms with E-state index < -0.39 is 8.32 Å². The molecule has 0 aliphatic carbocycles. The van der Waals surface area contributed by atoms with Crippen LogP contribution in [0.1, 0.15) is 26.5 Å². The molecule has 5 nitrogen and oxygen atoms in total. The fraction of sp³-hybridized carbons (Fsp3) is 0.529. The van der Waals surface area contributed by atoms with Crippen LogP contribution in [-0.2, 0) is 25.1 Å². The van der Waals surface area contributed by atoms with Crippen LogP contribution >= 0.6 is 0 Å². The molecule has 0 saturated carbocycles. The minimum atomic E-state index is -1.83. The number of pyridine rings is 1. The molecule has 0 aromatic carbocycles. The minimum absolute atomic E-state index is 0.0169. The molecular weight excluding hydrogens is 306 g/mol. The predicted octanol–water partition coefficient (Wildman–Crippen LogP) is 3.31. The van der Waals surface area contributed by atoms with Gasteiger partial charge < -0.3 is 8.99 Å². The summed E-state index contributed by atoms with van der Waals surface area (Å²) in [6.07, 6.45) is 3.82. The zero-order chi connectivity index (χ0) is 17.4. The summed E-state index contributed by atoms with van der Waals surface area (Å²) in [6, 6.07) is 3.43. The van der Waals surface area contributed by atoms with Crippen molar-refractivity contribution in [2.75, 3.05) is 0 Å². The maximum Gasteiger partial charge on any atom is 0.250 e. The van der Waals surface area contributed by atoms with E-state index in [1.807, 2.05) is 25.5 Å². The van der Waals surface area contributed by atoms with Gasteiger partial charge in [-0.05, 0) is 24.2 Å². The highest BCUT2D eigenvalue weighted by Gasteiger charge is 2.37. The molecule has 0 fully saturated rings. The van der Waals surface area contributed by atoms with Gasteiger partial charge in [0.05, 0.1) is 12.3 Å². The van der Waals surface area contributed by atoms with Gasteiger partial charge in [-0.2, -0.15) is 5.10 Å². The van der Waals surface area contributed by atoms with E-state index in [1.165, 1.54) is 0 Å². The fourth-order valence-corrected chi connectivity index (χ4v) is 3.03. The van der Waals surface area contributed by atoms with Crippen LogP contribution in [0.4, 0.5) is 0 Å². The number of aryl methyl sites for hydroxylation is 2. The first-order chi connectivity index (χ1) is 10.5. The molecule has 0 spiro atoms. The predicted molar refractivity (Wildman–Crippen MR) is 95.9 cm³/mol. The lowest BCUT2D eigenvalue weighted by Gasteiger charge is -2.36. The van der Waals surface area contributed by atoms with Gasteiger partial charge in [0.2, 0.25) is 5.56 Å². The van der Waals surface area contributed by atoms with Crippen molar-refractivity contribution in [3.63, 3.8) is 0 Å². The van der Waals surface area contributed by atoms with Crippen molar-refractivity contribution in [2.45, 2.75) is 45.5 Å². The molecule has 126 valence electrons. The van der Waals surface area contributed by atoms with Gasteiger partial charge in [0.1, 0.15) is 0 Å². The summed E-state index contributed by atoms with van der Waals surface area (Å²) >= 11 is 0. The van der Waals surface area contributed by atoms with Crippen molar-refractivity contribution in [3.05, 3.63) is 40.6 Å². The van der Waals surface area contributed by atoms with Crippen LogP contribution in [0.5, 0.6) is 0 Å². The van der Waals surface area contributed by atoms with Crippen LogP contribution in [0.3, 0.4) is 0 Å². The third kappa shape index (κ3) is 3.82. The first kappa shape index (κ1) is 17.7. The first-order valence-corrected chi connectivity index (χ1v) is 10.8. The molecule has 2 aromatic rings. The molecule has 2 heterocycles. The van der Waals surface area contributed by atoms with Gasteiger partial charge in [0.25, 0.3) is 0 Å². The smallest absolute Gasteiger partial charge is 0.250 e. The van der Waals surface area contributed by atoms with Gasteiger partial charge in [0, 0.05) is 43.7 Å². The van der Waals surface area contributed by atoms with Crippen LogP contribution in [0.25, 0.3) is 11.1 Å². The van der Waals surface area contributed by atoms with E-state index in [1.54, 1.807) is 22.4 Å². The van der Waals surface area contributed by atoms with Crippen LogP contribution in [0, 0.1) is 0 Å². The Labute approximate surface area is 139 Å². The second kappa shape index (κ2) is 6.09. The monoisotopic (exact) mass is 333 g/mol. The molecule has 0 bridgehead atoms. The molecule has 6 heteroatoms. The molecule has 0 amide bonds. The topological polar surface area (TPSA) is 49.0 Å². The van der Waals surface area contributed by atoms with Gasteiger partial charge in [-0.25, -0.2) is 0 Å². The van der Waals surface area contributed by atoms with E-state index in [0.717, 1.165) is 16.8 Å². The first-order valence-electron chi connectivity index (χ1n) is 7.85. The third-order valence-electron chi connectivity index (χ3n) is 4.68. The molecule has 0 atom stereocenters. The lowest BCUT2D eigenvalue weighted by Crippen LogP contribution is -2.40. The van der Waals surface area contributed by atoms with E-state index in [2.05, 4.69) is 39.0 Å². The molecule has 23 heavy (non-hydrogen) atoms. The fourth-order valence-electron chi connectivity index (χ4n) is 2.10. The Kier molecular flexibility index (Phi) is 4.68. The van der Waals surface area contributed by atoms with Crippen LogP contribution in [-0.4, -0.2) is 22.7 Å². The average molecular weight is 334 g/mol. The highest BCUT2D eigenvalue weighted by molar-refractivity contribution is 6.74. The Hall–Kier alpha value is -1.66. The summed E-state index contributed by atoms with van der Waals surface area (Å²) in [7, 11) is 1.84. The van der Waals surface area contributed by atoms with Crippen molar-refractivity contribution in [1.29, 1.82) is 0 Å². The number of aromatic nitrogens is 3. The molecule has 0 unspecified atom stereocenters. The Morgan fingerprint density at radius 3 is 2.39 bits per heavy atom. The maximum atomic E-state index is 11.6. The van der Waals surface area contributed by atoms with E-state index >= 15 is 0 Å². The Balaban J connectivity index is 2.31. The summed E-state index contributed by atoms with van der Waals surface area (Å²) in [6.45, 7) is 11.7. The van der Waals surface area contributed by atoms with Crippen molar-refractivity contribution in [3.8, 4) is 11.1 Å². The van der Waals surface area contributed by atoms with Gasteiger partial charge in [-0.1, -0.05) is 20.8 Å². The molecule has 2 aromatic heterocycles. The van der Waals surface area contributed by atoms with Gasteiger partial charge >= 0.3 is 0 Å². The second-order valence-electron chi connectivity index (χ2n) is 7.58. The number of hydrogen-bond donors (Lipinski definition) is 0. The molecule has 0 aliphatic heterocycles. The SMILES string of the molecule is Cn1cc(-c2ccc(=O)n(C)c2)c(CO[Si](C)(C)C(C)(C)C)n1. The Bertz CT molecular complexity index is 754. The van der Waals surface area contributed by atoms with E-state index in [9.17, 15) is 4.79 Å². The second-order valence-corrected chi connectivity index (χ2v) is 12.4. The van der Waals surface area contributed by atoms with E-state index in [-0.39, 0.29) is 10.6 Å². The summed E-state index contributed by atoms with van der Waals surface area (Å²) in [5, 5.41) is 4.72.